The fourth-order valence-corrected chi connectivity index (χ4v) is 2.99. The van der Waals surface area contributed by atoms with Crippen LogP contribution in [0.4, 0.5) is 20.2 Å². The number of anilines is 2. The number of hydrogen-bond acceptors (Lipinski definition) is 4. The van der Waals surface area contributed by atoms with Crippen molar-refractivity contribution in [3.05, 3.63) is 52.0 Å². The number of ether oxygens (including phenoxy) is 1. The third kappa shape index (κ3) is 5.95. The number of aliphatic hydroxyl groups is 1. The van der Waals surface area contributed by atoms with E-state index < -0.39 is 18.4 Å². The van der Waals surface area contributed by atoms with Gasteiger partial charge in [-0.1, -0.05) is 42.3 Å². The monoisotopic (exact) mass is 432 g/mol. The molecule has 2 aromatic rings. The maximum absolute atomic E-state index is 13.7. The van der Waals surface area contributed by atoms with Crippen LogP contribution in [0.2, 0.25) is 10.0 Å². The van der Waals surface area contributed by atoms with E-state index >= 15 is 0 Å². The Labute approximate surface area is 171 Å². The van der Waals surface area contributed by atoms with Gasteiger partial charge in [0, 0.05) is 18.7 Å². The number of halogens is 4. The summed E-state index contributed by atoms with van der Waals surface area (Å²) in [6.07, 6.45) is -3.50. The molecule has 2 rings (SSSR count). The van der Waals surface area contributed by atoms with E-state index in [1.54, 1.807) is 31.2 Å². The van der Waals surface area contributed by atoms with Crippen molar-refractivity contribution in [2.45, 2.75) is 25.9 Å². The second-order valence-corrected chi connectivity index (χ2v) is 6.72. The maximum atomic E-state index is 13.7. The summed E-state index contributed by atoms with van der Waals surface area (Å²) in [5.74, 6) is -0.559. The van der Waals surface area contributed by atoms with Crippen LogP contribution in [0.15, 0.2) is 36.4 Å². The average Bonchev–Trinajstić information content (AvgIpc) is 2.62. The van der Waals surface area contributed by atoms with E-state index in [4.69, 9.17) is 33.0 Å². The van der Waals surface area contributed by atoms with Crippen LogP contribution in [0.25, 0.3) is 0 Å². The number of amides is 1. The number of carbonyl (C=O) groups is 1. The quantitative estimate of drug-likeness (QED) is 0.507. The lowest BCUT2D eigenvalue weighted by Gasteiger charge is -2.19. The summed E-state index contributed by atoms with van der Waals surface area (Å²) in [5, 5.41) is 14.5. The van der Waals surface area contributed by atoms with Crippen molar-refractivity contribution in [1.29, 1.82) is 0 Å². The smallest absolute Gasteiger partial charge is 0.397 e. The molecule has 0 atom stereocenters. The van der Waals surface area contributed by atoms with Crippen molar-refractivity contribution in [3.63, 3.8) is 0 Å². The predicted molar refractivity (Wildman–Crippen MR) is 106 cm³/mol. The number of rotatable bonds is 9. The maximum Gasteiger partial charge on any atom is 0.397 e. The van der Waals surface area contributed by atoms with Crippen LogP contribution < -0.4 is 15.4 Å². The van der Waals surface area contributed by atoms with E-state index in [1.165, 1.54) is 12.1 Å². The van der Waals surface area contributed by atoms with Gasteiger partial charge in [0.2, 0.25) is 0 Å². The second kappa shape index (κ2) is 9.91. The molecule has 152 valence electrons. The molecule has 1 amide bonds. The van der Waals surface area contributed by atoms with Crippen molar-refractivity contribution in [2.75, 3.05) is 18.5 Å². The normalized spacial score (nSPS) is 11.2. The Bertz CT molecular complexity index is 812. The fourth-order valence-electron chi connectivity index (χ4n) is 2.43. The largest absolute Gasteiger partial charge is 0.432 e. The molecule has 0 spiro atoms. The van der Waals surface area contributed by atoms with Crippen molar-refractivity contribution < 1.29 is 23.4 Å². The van der Waals surface area contributed by atoms with Crippen molar-refractivity contribution in [2.24, 2.45) is 0 Å². The molecule has 0 saturated heterocycles. The topological polar surface area (TPSA) is 70.6 Å². The van der Waals surface area contributed by atoms with E-state index in [-0.39, 0.29) is 41.1 Å². The van der Waals surface area contributed by atoms with Crippen LogP contribution in [0.5, 0.6) is 5.75 Å². The van der Waals surface area contributed by atoms with E-state index in [2.05, 4.69) is 10.6 Å². The molecule has 0 aliphatic rings. The van der Waals surface area contributed by atoms with Gasteiger partial charge in [0.1, 0.15) is 5.75 Å². The molecule has 3 N–H and O–H groups in total. The van der Waals surface area contributed by atoms with Gasteiger partial charge in [0.15, 0.2) is 0 Å². The first-order chi connectivity index (χ1) is 13.3. The van der Waals surface area contributed by atoms with Gasteiger partial charge in [0.05, 0.1) is 40.0 Å². The fraction of sp³-hybridized carbons (Fsp3) is 0.316. The highest BCUT2D eigenvalue weighted by atomic mass is 35.5. The minimum absolute atomic E-state index is 0.0559. The highest BCUT2D eigenvalue weighted by molar-refractivity contribution is 6.39. The SMILES string of the molecule is CCCC(F)(F)Oc1cc(Cl)c(Nc2ccccc2C(=O)NCCO)c(Cl)c1. The van der Waals surface area contributed by atoms with Crippen LogP contribution in [0.1, 0.15) is 30.1 Å². The Morgan fingerprint density at radius 1 is 1.21 bits per heavy atom. The predicted octanol–water partition coefficient (Wildman–Crippen LogP) is 5.23. The summed E-state index contributed by atoms with van der Waals surface area (Å²) >= 11 is 12.4. The number of nitrogens with one attached hydrogen (secondary N) is 2. The highest BCUT2D eigenvalue weighted by Crippen LogP contribution is 2.39. The lowest BCUT2D eigenvalue weighted by Crippen LogP contribution is -2.27. The molecule has 0 aliphatic heterocycles. The number of hydrogen-bond donors (Lipinski definition) is 3. The Morgan fingerprint density at radius 3 is 2.46 bits per heavy atom. The molecular weight excluding hydrogens is 413 g/mol. The van der Waals surface area contributed by atoms with Gasteiger partial charge in [-0.2, -0.15) is 8.78 Å². The molecule has 28 heavy (non-hydrogen) atoms. The third-order valence-electron chi connectivity index (χ3n) is 3.65. The van der Waals surface area contributed by atoms with Crippen molar-refractivity contribution >= 4 is 40.5 Å². The van der Waals surface area contributed by atoms with Crippen LogP contribution in [0, 0.1) is 0 Å². The van der Waals surface area contributed by atoms with Gasteiger partial charge in [-0.3, -0.25) is 4.79 Å². The lowest BCUT2D eigenvalue weighted by atomic mass is 10.1. The molecule has 0 heterocycles. The van der Waals surface area contributed by atoms with Crippen LogP contribution in [0.3, 0.4) is 0 Å². The minimum atomic E-state index is -3.33. The van der Waals surface area contributed by atoms with E-state index in [0.717, 1.165) is 0 Å². The molecule has 0 aromatic heterocycles. The van der Waals surface area contributed by atoms with E-state index in [9.17, 15) is 13.6 Å². The molecule has 0 unspecified atom stereocenters. The summed E-state index contributed by atoms with van der Waals surface area (Å²) in [6, 6.07) is 9.06. The molecule has 0 fully saturated rings. The third-order valence-corrected chi connectivity index (χ3v) is 4.25. The molecule has 2 aromatic carbocycles. The van der Waals surface area contributed by atoms with Crippen LogP contribution >= 0.6 is 23.2 Å². The zero-order chi connectivity index (χ0) is 20.7. The summed E-state index contributed by atoms with van der Waals surface area (Å²) in [4.78, 5) is 12.2. The number of benzene rings is 2. The molecule has 9 heteroatoms. The Hall–Kier alpha value is -2.09. The lowest BCUT2D eigenvalue weighted by molar-refractivity contribution is -0.180. The number of para-hydroxylation sites is 1. The molecule has 0 aliphatic carbocycles. The molecule has 0 saturated carbocycles. The second-order valence-electron chi connectivity index (χ2n) is 5.90. The standard InChI is InChI=1S/C19H20Cl2F2N2O3/c1-2-7-19(22,23)28-12-10-14(20)17(15(21)11-12)25-16-6-4-3-5-13(16)18(27)24-8-9-26/h3-6,10-11,25-26H,2,7-9H2,1H3,(H,24,27). The van der Waals surface area contributed by atoms with Gasteiger partial charge in [-0.25, -0.2) is 0 Å². The van der Waals surface area contributed by atoms with Crippen molar-refractivity contribution in [3.8, 4) is 5.75 Å². The Balaban J connectivity index is 2.27. The summed E-state index contributed by atoms with van der Waals surface area (Å²) in [5.41, 5.74) is 0.960. The first kappa shape index (κ1) is 22.2. The highest BCUT2D eigenvalue weighted by Gasteiger charge is 2.30. The molecular formula is C19H20Cl2F2N2O3. The first-order valence-corrected chi connectivity index (χ1v) is 9.34. The van der Waals surface area contributed by atoms with Gasteiger partial charge >= 0.3 is 6.11 Å². The zero-order valence-electron chi connectivity index (χ0n) is 15.1. The van der Waals surface area contributed by atoms with Crippen LogP contribution in [-0.2, 0) is 0 Å². The Kier molecular flexibility index (Phi) is 7.86. The van der Waals surface area contributed by atoms with E-state index in [1.807, 2.05) is 0 Å². The van der Waals surface area contributed by atoms with E-state index in [0.29, 0.717) is 11.3 Å². The Morgan fingerprint density at radius 2 is 1.86 bits per heavy atom. The van der Waals surface area contributed by atoms with Crippen LogP contribution in [-0.4, -0.2) is 30.3 Å². The van der Waals surface area contributed by atoms with Crippen molar-refractivity contribution in [1.82, 2.24) is 5.32 Å². The average molecular weight is 433 g/mol. The summed E-state index contributed by atoms with van der Waals surface area (Å²) in [7, 11) is 0. The summed E-state index contributed by atoms with van der Waals surface area (Å²) in [6.45, 7) is 1.54. The van der Waals surface area contributed by atoms with Gasteiger partial charge < -0.3 is 20.5 Å². The first-order valence-electron chi connectivity index (χ1n) is 8.58. The summed E-state index contributed by atoms with van der Waals surface area (Å²) < 4.78 is 32.1. The van der Waals surface area contributed by atoms with Gasteiger partial charge in [0.25, 0.3) is 5.91 Å². The zero-order valence-corrected chi connectivity index (χ0v) is 16.6. The number of alkyl halides is 2. The molecule has 5 nitrogen and oxygen atoms in total. The molecule has 0 radical (unpaired) electrons. The minimum Gasteiger partial charge on any atom is -0.432 e. The van der Waals surface area contributed by atoms with Gasteiger partial charge in [-0.15, -0.1) is 0 Å². The number of aliphatic hydroxyl groups excluding tert-OH is 1. The van der Waals surface area contributed by atoms with Gasteiger partial charge in [-0.05, 0) is 18.6 Å². The number of carbonyl (C=O) groups excluding carboxylic acids is 1. The molecule has 0 bridgehead atoms.